The van der Waals surface area contributed by atoms with Gasteiger partial charge in [-0.3, -0.25) is 9.59 Å². The van der Waals surface area contributed by atoms with Crippen molar-refractivity contribution < 1.29 is 9.59 Å². The van der Waals surface area contributed by atoms with Crippen LogP contribution in [0, 0.1) is 0 Å². The van der Waals surface area contributed by atoms with Crippen molar-refractivity contribution in [2.45, 2.75) is 51.5 Å². The molecule has 2 aromatic heterocycles. The van der Waals surface area contributed by atoms with E-state index in [1.807, 2.05) is 6.92 Å². The summed E-state index contributed by atoms with van der Waals surface area (Å²) in [5, 5.41) is 7.48. The van der Waals surface area contributed by atoms with Crippen LogP contribution in [0.25, 0.3) is 17.3 Å². The Morgan fingerprint density at radius 1 is 1.25 bits per heavy atom. The number of hydrogen-bond acceptors (Lipinski definition) is 6. The van der Waals surface area contributed by atoms with Gasteiger partial charge in [-0.05, 0) is 48.5 Å². The molecule has 8 nitrogen and oxygen atoms in total. The van der Waals surface area contributed by atoms with Crippen molar-refractivity contribution in [1.29, 1.82) is 0 Å². The zero-order chi connectivity index (χ0) is 25.3. The zero-order valence-electron chi connectivity index (χ0n) is 20.8. The van der Waals surface area contributed by atoms with Gasteiger partial charge in [-0.1, -0.05) is 43.3 Å². The number of fused-ring (bicyclic) bond motifs is 2. The predicted octanol–water partition coefficient (Wildman–Crippen LogP) is 3.81. The maximum atomic E-state index is 12.9. The SMILES string of the molecule is CCC(=O)C1(NC(C)=O)CCCN(c2cc(N)n3ncc(C4=Cc5ccccc5CCC=C4)c3n2)C1. The number of benzene rings is 1. The van der Waals surface area contributed by atoms with Crippen molar-refractivity contribution in [3.63, 3.8) is 0 Å². The van der Waals surface area contributed by atoms with Gasteiger partial charge in [-0.25, -0.2) is 4.98 Å². The Bertz CT molecular complexity index is 1390. The Morgan fingerprint density at radius 3 is 2.89 bits per heavy atom. The number of amides is 1. The summed E-state index contributed by atoms with van der Waals surface area (Å²) in [7, 11) is 0. The Kier molecular flexibility index (Phi) is 6.35. The highest BCUT2D eigenvalue weighted by molar-refractivity contribution is 5.94. The van der Waals surface area contributed by atoms with Crippen LogP contribution >= 0.6 is 0 Å². The number of nitrogens with zero attached hydrogens (tertiary/aromatic N) is 4. The van der Waals surface area contributed by atoms with Crippen LogP contribution < -0.4 is 16.0 Å². The van der Waals surface area contributed by atoms with Crippen LogP contribution in [0.5, 0.6) is 0 Å². The van der Waals surface area contributed by atoms with Gasteiger partial charge in [0.25, 0.3) is 0 Å². The highest BCUT2D eigenvalue weighted by Gasteiger charge is 2.42. The number of Topliss-reactive ketones (excluding diaryl/α,β-unsaturated/α-hetero) is 1. The van der Waals surface area contributed by atoms with E-state index in [1.54, 1.807) is 16.8 Å². The van der Waals surface area contributed by atoms with Gasteiger partial charge in [-0.2, -0.15) is 9.61 Å². The molecule has 1 fully saturated rings. The third-order valence-corrected chi connectivity index (χ3v) is 7.13. The van der Waals surface area contributed by atoms with E-state index in [1.165, 1.54) is 18.1 Å². The van der Waals surface area contributed by atoms with E-state index in [2.05, 4.69) is 57.8 Å². The van der Waals surface area contributed by atoms with Crippen molar-refractivity contribution >= 4 is 40.6 Å². The summed E-state index contributed by atoms with van der Waals surface area (Å²) < 4.78 is 1.65. The fourth-order valence-electron chi connectivity index (χ4n) is 5.40. The fourth-order valence-corrected chi connectivity index (χ4v) is 5.40. The Hall–Kier alpha value is -3.94. The topological polar surface area (TPSA) is 106 Å². The van der Waals surface area contributed by atoms with Crippen molar-refractivity contribution in [2.24, 2.45) is 0 Å². The van der Waals surface area contributed by atoms with Crippen LogP contribution in [0.1, 0.15) is 56.2 Å². The van der Waals surface area contributed by atoms with Gasteiger partial charge in [0.1, 0.15) is 17.2 Å². The standard InChI is InChI=1S/C28H32N6O2/c1-3-24(36)28(32-19(2)35)13-8-14-33(18-28)26-16-25(29)34-27(31-26)23(17-30-34)22-12-7-5-10-20-9-4-6-11-21(20)15-22/h4,6-7,9,11-12,15-17H,3,5,8,10,13-14,18,29H2,1-2H3,(H,32,35). The van der Waals surface area contributed by atoms with E-state index >= 15 is 0 Å². The normalized spacial score (nSPS) is 19.8. The molecule has 5 rings (SSSR count). The van der Waals surface area contributed by atoms with Crippen LogP contribution in [0.3, 0.4) is 0 Å². The lowest BCUT2D eigenvalue weighted by Crippen LogP contribution is -2.63. The number of carbonyl (C=O) groups excluding carboxylic acids is 2. The molecule has 0 radical (unpaired) electrons. The largest absolute Gasteiger partial charge is 0.383 e. The number of nitrogens with two attached hydrogens (primary N) is 1. The molecule has 3 aromatic rings. The molecular weight excluding hydrogens is 452 g/mol. The molecule has 1 aliphatic heterocycles. The average Bonchev–Trinajstić information content (AvgIpc) is 3.28. The number of piperidine rings is 1. The van der Waals surface area contributed by atoms with Crippen LogP contribution in [0.2, 0.25) is 0 Å². The molecule has 2 aliphatic rings. The summed E-state index contributed by atoms with van der Waals surface area (Å²) in [5.74, 6) is 0.971. The van der Waals surface area contributed by atoms with E-state index in [0.717, 1.165) is 36.9 Å². The molecule has 0 saturated carbocycles. The minimum Gasteiger partial charge on any atom is -0.383 e. The molecule has 1 saturated heterocycles. The predicted molar refractivity (Wildman–Crippen MR) is 142 cm³/mol. The zero-order valence-corrected chi connectivity index (χ0v) is 20.8. The number of nitrogen functional groups attached to an aromatic ring is 1. The number of rotatable bonds is 5. The summed E-state index contributed by atoms with van der Waals surface area (Å²) >= 11 is 0. The molecule has 1 unspecified atom stereocenters. The summed E-state index contributed by atoms with van der Waals surface area (Å²) in [5.41, 5.74) is 10.6. The van der Waals surface area contributed by atoms with Crippen LogP contribution in [-0.4, -0.2) is 44.9 Å². The highest BCUT2D eigenvalue weighted by atomic mass is 16.2. The molecule has 0 spiro atoms. The summed E-state index contributed by atoms with van der Waals surface area (Å²) in [4.78, 5) is 32.0. The first kappa shape index (κ1) is 23.8. The lowest BCUT2D eigenvalue weighted by molar-refractivity contribution is -0.131. The van der Waals surface area contributed by atoms with Gasteiger partial charge in [0.2, 0.25) is 5.91 Å². The number of nitrogens with one attached hydrogen (secondary N) is 1. The molecule has 1 amide bonds. The minimum absolute atomic E-state index is 0.0324. The first-order valence-electron chi connectivity index (χ1n) is 12.6. The van der Waals surface area contributed by atoms with E-state index in [-0.39, 0.29) is 11.7 Å². The van der Waals surface area contributed by atoms with Gasteiger partial charge in [0.15, 0.2) is 11.4 Å². The van der Waals surface area contributed by atoms with Gasteiger partial charge in [0, 0.05) is 38.1 Å². The fraction of sp³-hybridized carbons (Fsp3) is 0.357. The van der Waals surface area contributed by atoms with Crippen molar-refractivity contribution in [3.8, 4) is 0 Å². The van der Waals surface area contributed by atoms with Crippen LogP contribution in [0.15, 0.2) is 48.7 Å². The maximum Gasteiger partial charge on any atom is 0.217 e. The van der Waals surface area contributed by atoms with Crippen LogP contribution in [-0.2, 0) is 16.0 Å². The number of allylic oxidation sites excluding steroid dienone is 3. The molecule has 1 aromatic carbocycles. The van der Waals surface area contributed by atoms with Crippen molar-refractivity contribution in [1.82, 2.24) is 19.9 Å². The second-order valence-corrected chi connectivity index (χ2v) is 9.64. The summed E-state index contributed by atoms with van der Waals surface area (Å²) in [6.45, 7) is 4.38. The van der Waals surface area contributed by atoms with Crippen LogP contribution in [0.4, 0.5) is 11.6 Å². The lowest BCUT2D eigenvalue weighted by atomic mass is 9.83. The number of carbonyl (C=O) groups is 2. The van der Waals surface area contributed by atoms with Gasteiger partial charge in [0.05, 0.1) is 6.20 Å². The molecule has 1 atom stereocenters. The van der Waals surface area contributed by atoms with E-state index in [4.69, 9.17) is 10.7 Å². The molecular formula is C28H32N6O2. The Balaban J connectivity index is 1.57. The second-order valence-electron chi connectivity index (χ2n) is 9.64. The van der Waals surface area contributed by atoms with Crippen molar-refractivity contribution in [2.75, 3.05) is 23.7 Å². The average molecular weight is 485 g/mol. The smallest absolute Gasteiger partial charge is 0.217 e. The minimum atomic E-state index is -0.918. The van der Waals surface area contributed by atoms with Gasteiger partial charge < -0.3 is 16.0 Å². The molecule has 8 heteroatoms. The summed E-state index contributed by atoms with van der Waals surface area (Å²) in [6.07, 6.45) is 12.0. The molecule has 3 heterocycles. The quantitative estimate of drug-likeness (QED) is 0.571. The highest BCUT2D eigenvalue weighted by Crippen LogP contribution is 2.32. The maximum absolute atomic E-state index is 12.9. The first-order chi connectivity index (χ1) is 17.4. The molecule has 3 N–H and O–H groups in total. The molecule has 1 aliphatic carbocycles. The molecule has 36 heavy (non-hydrogen) atoms. The van der Waals surface area contributed by atoms with E-state index in [0.29, 0.717) is 36.7 Å². The third kappa shape index (κ3) is 4.39. The van der Waals surface area contributed by atoms with E-state index < -0.39 is 5.54 Å². The van der Waals surface area contributed by atoms with Gasteiger partial charge in [-0.15, -0.1) is 0 Å². The summed E-state index contributed by atoms with van der Waals surface area (Å²) in [6, 6.07) is 10.2. The molecule has 186 valence electrons. The monoisotopic (exact) mass is 484 g/mol. The first-order valence-corrected chi connectivity index (χ1v) is 12.6. The third-order valence-electron chi connectivity index (χ3n) is 7.13. The Morgan fingerprint density at radius 2 is 2.08 bits per heavy atom. The second kappa shape index (κ2) is 9.60. The number of aromatic nitrogens is 3. The lowest BCUT2D eigenvalue weighted by Gasteiger charge is -2.42. The van der Waals surface area contributed by atoms with Gasteiger partial charge >= 0.3 is 0 Å². The van der Waals surface area contributed by atoms with E-state index in [9.17, 15) is 9.59 Å². The van der Waals surface area contributed by atoms with Crippen molar-refractivity contribution in [3.05, 3.63) is 65.4 Å². The Labute approximate surface area is 210 Å². The number of anilines is 2. The number of aryl methyl sites for hydroxylation is 1. The number of hydrogen-bond donors (Lipinski definition) is 2. The molecule has 0 bridgehead atoms. The number of ketones is 1.